The summed E-state index contributed by atoms with van der Waals surface area (Å²) in [6.45, 7) is -0.452. The molecule has 2 heterocycles. The number of amides is 4. The summed E-state index contributed by atoms with van der Waals surface area (Å²) in [5.74, 6) is -2.41. The molecule has 0 bridgehead atoms. The maximum Gasteiger partial charge on any atom is 0.261 e. The van der Waals surface area contributed by atoms with Gasteiger partial charge in [-0.15, -0.1) is 0 Å². The van der Waals surface area contributed by atoms with Crippen LogP contribution in [0.1, 0.15) is 54.3 Å². The van der Waals surface area contributed by atoms with E-state index in [0.29, 0.717) is 43.1 Å². The van der Waals surface area contributed by atoms with Crippen molar-refractivity contribution in [2.24, 2.45) is 0 Å². The maximum absolute atomic E-state index is 13.5. The van der Waals surface area contributed by atoms with Crippen LogP contribution in [-0.2, 0) is 0 Å². The molecule has 0 unspecified atom stereocenters. The monoisotopic (exact) mass is 630 g/mol. The zero-order chi connectivity index (χ0) is 31.3. The summed E-state index contributed by atoms with van der Waals surface area (Å²) in [6.07, 6.45) is -1.72. The minimum Gasteiger partial charge on any atom is -0.688 e. The van der Waals surface area contributed by atoms with Gasteiger partial charge in [-0.25, -0.2) is 0 Å². The summed E-state index contributed by atoms with van der Waals surface area (Å²) in [5.41, 5.74) is 1.01. The molecular weight excluding hydrogens is 610 g/mol. The van der Waals surface area contributed by atoms with Gasteiger partial charge >= 0.3 is 0 Å². The standard InChI is InChI=1S/C30H24N2O10P2/c33-27-19-7-3-15-17-5-9-21-26-22(30(36)32(29(21)35)12-2-14-44(40,41)42)10-6-18(24(17)26)16-4-8-20(25(19)23(15)16)28(34)31(27)11-1-13-43(37,38)39/h3-10H,1-2,11-14H2,(H2,37,38,39)(H2,40,41,42)/p-4. The number of rotatable bonds is 8. The van der Waals surface area contributed by atoms with Crippen molar-refractivity contribution in [2.75, 3.05) is 25.4 Å². The molecule has 0 fully saturated rings. The normalized spacial score (nSPS) is 15.7. The highest BCUT2D eigenvalue weighted by atomic mass is 31.2. The van der Waals surface area contributed by atoms with Crippen molar-refractivity contribution in [3.63, 3.8) is 0 Å². The lowest BCUT2D eigenvalue weighted by molar-refractivity contribution is -0.429. The number of carbonyl (C=O) groups is 4. The molecule has 4 amide bonds. The Kier molecular flexibility index (Phi) is 6.53. The Hall–Kier alpha value is -3.70. The van der Waals surface area contributed by atoms with Gasteiger partial charge in [0.2, 0.25) is 0 Å². The molecule has 44 heavy (non-hydrogen) atoms. The lowest BCUT2D eigenvalue weighted by atomic mass is 9.82. The van der Waals surface area contributed by atoms with Crippen molar-refractivity contribution >= 4 is 82.6 Å². The van der Waals surface area contributed by atoms with Crippen LogP contribution >= 0.6 is 15.9 Å². The third kappa shape index (κ3) is 4.38. The van der Waals surface area contributed by atoms with Crippen LogP contribution in [0, 0.1) is 0 Å². The van der Waals surface area contributed by atoms with Crippen LogP contribution in [0.5, 0.6) is 0 Å². The van der Waals surface area contributed by atoms with Crippen LogP contribution < -0.4 is 29.4 Å². The van der Waals surface area contributed by atoms with Gasteiger partial charge in [-0.3, -0.25) is 29.0 Å². The Morgan fingerprint density at radius 1 is 0.432 bits per heavy atom. The van der Waals surface area contributed by atoms with Gasteiger partial charge in [-0.1, -0.05) is 24.3 Å². The first-order valence-electron chi connectivity index (χ1n) is 13.7. The second-order valence-corrected chi connectivity index (χ2v) is 14.4. The summed E-state index contributed by atoms with van der Waals surface area (Å²) < 4.78 is 0. The predicted molar refractivity (Wildman–Crippen MR) is 151 cm³/mol. The van der Waals surface area contributed by atoms with Gasteiger partial charge in [-0.2, -0.15) is 15.9 Å². The highest BCUT2D eigenvalue weighted by Crippen LogP contribution is 2.46. The van der Waals surface area contributed by atoms with Gasteiger partial charge in [-0.05, 0) is 69.4 Å². The number of fused-ring (bicyclic) bond motifs is 2. The van der Waals surface area contributed by atoms with Gasteiger partial charge in [0, 0.05) is 58.4 Å². The van der Waals surface area contributed by atoms with Gasteiger partial charge in [0.25, 0.3) is 23.6 Å². The highest BCUT2D eigenvalue weighted by molar-refractivity contribution is 7.54. The fraction of sp³-hybridized carbons (Fsp3) is 0.200. The minimum atomic E-state index is -4.80. The molecule has 5 aromatic rings. The van der Waals surface area contributed by atoms with Crippen molar-refractivity contribution in [3.8, 4) is 0 Å². The molecule has 2 aliphatic heterocycles. The third-order valence-electron chi connectivity index (χ3n) is 8.43. The summed E-state index contributed by atoms with van der Waals surface area (Å²) in [4.78, 5) is 122. The summed E-state index contributed by atoms with van der Waals surface area (Å²) in [6, 6.07) is 13.3. The SMILES string of the molecule is O=C1c2ccc3c4ccc5c6c(ccc(c7ccc(c2c37)C(=O)N1CCC[P+]([O-])([O-])[O-])c64)C(=O)N(CCC[P+]([O-])([O-])[O-])C5=O. The smallest absolute Gasteiger partial charge is 0.261 e. The second-order valence-electron chi connectivity index (χ2n) is 11.0. The Labute approximate surface area is 249 Å². The van der Waals surface area contributed by atoms with Crippen LogP contribution in [0.25, 0.3) is 43.1 Å². The fourth-order valence-electron chi connectivity index (χ4n) is 6.62. The maximum atomic E-state index is 13.5. The summed E-state index contributed by atoms with van der Waals surface area (Å²) >= 11 is 0. The van der Waals surface area contributed by atoms with E-state index in [4.69, 9.17) is 0 Å². The van der Waals surface area contributed by atoms with Crippen LogP contribution in [0.15, 0.2) is 48.5 Å². The topological polar surface area (TPSA) is 213 Å². The van der Waals surface area contributed by atoms with Crippen molar-refractivity contribution in [3.05, 3.63) is 70.8 Å². The van der Waals surface area contributed by atoms with Crippen LogP contribution in [0.4, 0.5) is 0 Å². The zero-order valence-corrected chi connectivity index (χ0v) is 24.5. The Balaban J connectivity index is 1.38. The van der Waals surface area contributed by atoms with E-state index in [9.17, 15) is 48.5 Å². The van der Waals surface area contributed by atoms with E-state index in [2.05, 4.69) is 0 Å². The van der Waals surface area contributed by atoms with Gasteiger partial charge < -0.3 is 29.4 Å². The van der Waals surface area contributed by atoms with Gasteiger partial charge in [0.15, 0.2) is 0 Å². The van der Waals surface area contributed by atoms with E-state index in [0.717, 1.165) is 9.80 Å². The minimum absolute atomic E-state index is 0.177. The zero-order valence-electron chi connectivity index (χ0n) is 22.7. The molecule has 0 N–H and O–H groups in total. The molecule has 7 rings (SSSR count). The molecule has 0 saturated heterocycles. The summed E-state index contributed by atoms with van der Waals surface area (Å²) in [7, 11) is -9.60. The molecule has 0 atom stereocenters. The van der Waals surface area contributed by atoms with E-state index < -0.39 is 51.8 Å². The quantitative estimate of drug-likeness (QED) is 0.0918. The molecular formula is C30H20N2O10P2-4. The van der Waals surface area contributed by atoms with E-state index in [-0.39, 0.29) is 48.2 Å². The average molecular weight is 630 g/mol. The van der Waals surface area contributed by atoms with E-state index in [1.54, 1.807) is 48.5 Å². The number of hydrogen-bond acceptors (Lipinski definition) is 10. The fourth-order valence-corrected chi connectivity index (χ4v) is 7.68. The first-order chi connectivity index (χ1) is 20.8. The molecule has 14 heteroatoms. The number of benzene rings is 5. The van der Waals surface area contributed by atoms with Crippen LogP contribution in [-0.4, -0.2) is 58.8 Å². The van der Waals surface area contributed by atoms with E-state index >= 15 is 0 Å². The number of hydrogen-bond donors (Lipinski definition) is 0. The second kappa shape index (κ2) is 9.90. The van der Waals surface area contributed by atoms with E-state index in [1.807, 2.05) is 0 Å². The number of carbonyl (C=O) groups excluding carboxylic acids is 4. The van der Waals surface area contributed by atoms with Gasteiger partial charge in [0.1, 0.15) is 0 Å². The first-order valence-corrected chi connectivity index (χ1v) is 17.2. The lowest BCUT2D eigenvalue weighted by Gasteiger charge is -2.42. The molecule has 0 radical (unpaired) electrons. The molecule has 2 aliphatic rings. The van der Waals surface area contributed by atoms with Crippen LogP contribution in [0.2, 0.25) is 0 Å². The summed E-state index contributed by atoms with van der Waals surface area (Å²) in [5, 5.41) is 4.93. The van der Waals surface area contributed by atoms with Crippen molar-refractivity contribution in [2.45, 2.75) is 12.8 Å². The van der Waals surface area contributed by atoms with Crippen molar-refractivity contribution in [1.82, 2.24) is 9.80 Å². The van der Waals surface area contributed by atoms with Crippen molar-refractivity contribution in [1.29, 1.82) is 0 Å². The first kappa shape index (κ1) is 29.0. The van der Waals surface area contributed by atoms with Crippen molar-refractivity contribution < 1.29 is 48.5 Å². The molecule has 0 aromatic heterocycles. The average Bonchev–Trinajstić information content (AvgIpc) is 2.96. The predicted octanol–water partition coefficient (Wildman–Crippen LogP) is -0.604. The Morgan fingerprint density at radius 3 is 0.955 bits per heavy atom. The molecule has 224 valence electrons. The molecule has 0 spiro atoms. The lowest BCUT2D eigenvalue weighted by Crippen LogP contribution is -2.42. The Bertz CT molecular complexity index is 1830. The third-order valence-corrected chi connectivity index (χ3v) is 10.2. The van der Waals surface area contributed by atoms with Gasteiger partial charge in [0.05, 0.1) is 0 Å². The highest BCUT2D eigenvalue weighted by Gasteiger charge is 2.36. The number of nitrogens with zero attached hydrogens (tertiary/aromatic N) is 2. The number of imide groups is 2. The molecule has 0 aliphatic carbocycles. The van der Waals surface area contributed by atoms with E-state index in [1.165, 1.54) is 0 Å². The largest absolute Gasteiger partial charge is 0.688 e. The molecule has 0 saturated carbocycles. The Morgan fingerprint density at radius 2 is 0.705 bits per heavy atom. The molecule has 5 aromatic carbocycles. The van der Waals surface area contributed by atoms with Crippen LogP contribution in [0.3, 0.4) is 0 Å². The molecule has 12 nitrogen and oxygen atoms in total.